The van der Waals surface area contributed by atoms with E-state index in [2.05, 4.69) is 23.9 Å². The third kappa shape index (κ3) is 1.98. The fourth-order valence-electron chi connectivity index (χ4n) is 4.29. The molecule has 0 spiro atoms. The molecule has 0 bridgehead atoms. The van der Waals surface area contributed by atoms with Gasteiger partial charge >= 0.3 is 0 Å². The molecule has 4 heteroatoms. The Bertz CT molecular complexity index is 901. The monoisotopic (exact) mass is 317 g/mol. The molecule has 2 aromatic rings. The standard InChI is InChI=1S/C20H19N3O/c1-20-12-16(21-2)17(24)11-14(20)9-10-15-18(23(3)22-19(15)20)13-7-5-4-6-8-13/h4-8,12,14H,9-11H2,1,3H3/t14-,20-/m0/s1. The zero-order chi connectivity index (χ0) is 16.9. The van der Waals surface area contributed by atoms with Crippen LogP contribution in [0, 0.1) is 12.5 Å². The summed E-state index contributed by atoms with van der Waals surface area (Å²) in [5, 5.41) is 4.84. The van der Waals surface area contributed by atoms with Gasteiger partial charge in [-0.05, 0) is 18.8 Å². The molecule has 1 aromatic heterocycles. The van der Waals surface area contributed by atoms with E-state index in [0.29, 0.717) is 6.42 Å². The number of Topliss-reactive ketones (excluding diaryl/α,β-unsaturated/α-hetero) is 1. The topological polar surface area (TPSA) is 39.2 Å². The fraction of sp³-hybridized carbons (Fsp3) is 0.350. The largest absolute Gasteiger partial charge is 0.308 e. The summed E-state index contributed by atoms with van der Waals surface area (Å²) >= 11 is 0. The number of nitrogens with zero attached hydrogens (tertiary/aromatic N) is 3. The summed E-state index contributed by atoms with van der Waals surface area (Å²) in [6.45, 7) is 9.43. The summed E-state index contributed by atoms with van der Waals surface area (Å²) in [7, 11) is 1.98. The lowest BCUT2D eigenvalue weighted by molar-refractivity contribution is -0.117. The predicted molar refractivity (Wildman–Crippen MR) is 92.1 cm³/mol. The second-order valence-corrected chi connectivity index (χ2v) is 6.95. The van der Waals surface area contributed by atoms with Crippen LogP contribution in [-0.4, -0.2) is 15.6 Å². The molecule has 0 amide bonds. The van der Waals surface area contributed by atoms with Gasteiger partial charge in [0.1, 0.15) is 0 Å². The molecule has 0 radical (unpaired) electrons. The molecule has 2 aliphatic rings. The summed E-state index contributed by atoms with van der Waals surface area (Å²) < 4.78 is 1.95. The number of aryl methyl sites for hydroxylation is 1. The van der Waals surface area contributed by atoms with Crippen LogP contribution in [-0.2, 0) is 23.7 Å². The zero-order valence-corrected chi connectivity index (χ0v) is 13.9. The second-order valence-electron chi connectivity index (χ2n) is 6.95. The van der Waals surface area contributed by atoms with Crippen LogP contribution in [0.25, 0.3) is 16.1 Å². The Hall–Kier alpha value is -2.67. The van der Waals surface area contributed by atoms with Gasteiger partial charge in [-0.1, -0.05) is 43.3 Å². The van der Waals surface area contributed by atoms with Gasteiger partial charge in [-0.2, -0.15) is 5.10 Å². The van der Waals surface area contributed by atoms with Gasteiger partial charge in [0.15, 0.2) is 5.78 Å². The highest BCUT2D eigenvalue weighted by molar-refractivity contribution is 5.98. The summed E-state index contributed by atoms with van der Waals surface area (Å²) in [5.41, 5.74) is 4.56. The van der Waals surface area contributed by atoms with Gasteiger partial charge in [0, 0.05) is 30.0 Å². The molecule has 24 heavy (non-hydrogen) atoms. The molecular formula is C20H19N3O. The number of rotatable bonds is 1. The van der Waals surface area contributed by atoms with Crippen LogP contribution < -0.4 is 0 Å². The van der Waals surface area contributed by atoms with Gasteiger partial charge in [-0.25, -0.2) is 4.85 Å². The van der Waals surface area contributed by atoms with E-state index in [-0.39, 0.29) is 22.8 Å². The molecule has 4 rings (SSSR count). The van der Waals surface area contributed by atoms with E-state index in [1.807, 2.05) is 36.0 Å². The highest BCUT2D eigenvalue weighted by Gasteiger charge is 2.46. The molecular weight excluding hydrogens is 298 g/mol. The molecule has 1 aromatic carbocycles. The number of fused-ring (bicyclic) bond motifs is 3. The van der Waals surface area contributed by atoms with Crippen molar-refractivity contribution in [2.24, 2.45) is 13.0 Å². The lowest BCUT2D eigenvalue weighted by Gasteiger charge is -2.41. The maximum Gasteiger partial charge on any atom is 0.226 e. The van der Waals surface area contributed by atoms with Gasteiger partial charge in [-0.15, -0.1) is 0 Å². The fourth-order valence-corrected chi connectivity index (χ4v) is 4.29. The third-order valence-corrected chi connectivity index (χ3v) is 5.57. The smallest absolute Gasteiger partial charge is 0.226 e. The number of allylic oxidation sites excluding steroid dienone is 2. The maximum atomic E-state index is 12.1. The van der Waals surface area contributed by atoms with E-state index in [9.17, 15) is 4.79 Å². The van der Waals surface area contributed by atoms with Crippen LogP contribution in [0.15, 0.2) is 42.1 Å². The first-order valence-electron chi connectivity index (χ1n) is 8.30. The van der Waals surface area contributed by atoms with Crippen molar-refractivity contribution in [2.45, 2.75) is 31.6 Å². The summed E-state index contributed by atoms with van der Waals surface area (Å²) in [4.78, 5) is 15.6. The first-order chi connectivity index (χ1) is 11.5. The van der Waals surface area contributed by atoms with Crippen LogP contribution in [0.5, 0.6) is 0 Å². The van der Waals surface area contributed by atoms with Crippen LogP contribution in [0.4, 0.5) is 0 Å². The molecule has 0 saturated heterocycles. The molecule has 0 aliphatic heterocycles. The number of hydrogen-bond acceptors (Lipinski definition) is 2. The quantitative estimate of drug-likeness (QED) is 0.753. The van der Waals surface area contributed by atoms with E-state index >= 15 is 0 Å². The first kappa shape index (κ1) is 14.9. The van der Waals surface area contributed by atoms with Crippen molar-refractivity contribution in [3.05, 3.63) is 64.8 Å². The minimum atomic E-state index is -0.327. The normalized spacial score (nSPS) is 25.5. The van der Waals surface area contributed by atoms with Crippen LogP contribution in [0.2, 0.25) is 0 Å². The minimum Gasteiger partial charge on any atom is -0.308 e. The van der Waals surface area contributed by atoms with Crippen LogP contribution in [0.1, 0.15) is 31.0 Å². The maximum absolute atomic E-state index is 12.1. The molecule has 2 aliphatic carbocycles. The van der Waals surface area contributed by atoms with Gasteiger partial charge < -0.3 is 4.79 Å². The number of carbonyl (C=O) groups is 1. The average Bonchev–Trinajstić information content (AvgIpc) is 2.93. The van der Waals surface area contributed by atoms with Gasteiger partial charge in [-0.3, -0.25) is 4.68 Å². The third-order valence-electron chi connectivity index (χ3n) is 5.57. The van der Waals surface area contributed by atoms with Crippen LogP contribution in [0.3, 0.4) is 0 Å². The van der Waals surface area contributed by atoms with Gasteiger partial charge in [0.25, 0.3) is 0 Å². The van der Waals surface area contributed by atoms with E-state index in [1.165, 1.54) is 5.56 Å². The highest BCUT2D eigenvalue weighted by atomic mass is 16.1. The Morgan fingerprint density at radius 2 is 2.08 bits per heavy atom. The molecule has 120 valence electrons. The van der Waals surface area contributed by atoms with Crippen molar-refractivity contribution in [2.75, 3.05) is 0 Å². The minimum absolute atomic E-state index is 0.0184. The number of ketones is 1. The van der Waals surface area contributed by atoms with Crippen molar-refractivity contribution in [1.82, 2.24) is 9.78 Å². The van der Waals surface area contributed by atoms with Crippen LogP contribution >= 0.6 is 0 Å². The van der Waals surface area contributed by atoms with Crippen molar-refractivity contribution in [3.8, 4) is 11.3 Å². The van der Waals surface area contributed by atoms with Crippen molar-refractivity contribution in [3.63, 3.8) is 0 Å². The molecule has 0 saturated carbocycles. The molecule has 1 heterocycles. The molecule has 2 atom stereocenters. The Labute approximate surface area is 141 Å². The van der Waals surface area contributed by atoms with E-state index in [0.717, 1.165) is 29.8 Å². The van der Waals surface area contributed by atoms with E-state index in [4.69, 9.17) is 11.7 Å². The number of carbonyl (C=O) groups excluding carboxylic acids is 1. The van der Waals surface area contributed by atoms with E-state index < -0.39 is 0 Å². The van der Waals surface area contributed by atoms with Gasteiger partial charge in [0.2, 0.25) is 5.70 Å². The summed E-state index contributed by atoms with van der Waals surface area (Å²) in [6, 6.07) is 10.3. The van der Waals surface area contributed by atoms with E-state index in [1.54, 1.807) is 0 Å². The predicted octanol–water partition coefficient (Wildman–Crippen LogP) is 3.68. The first-order valence-corrected chi connectivity index (χ1v) is 8.30. The average molecular weight is 317 g/mol. The Morgan fingerprint density at radius 3 is 2.79 bits per heavy atom. The Kier molecular flexibility index (Phi) is 3.21. The van der Waals surface area contributed by atoms with Crippen molar-refractivity contribution >= 4 is 5.78 Å². The summed E-state index contributed by atoms with van der Waals surface area (Å²) in [6.07, 6.45) is 4.22. The Morgan fingerprint density at radius 1 is 1.33 bits per heavy atom. The molecule has 4 nitrogen and oxygen atoms in total. The van der Waals surface area contributed by atoms with Crippen molar-refractivity contribution < 1.29 is 4.79 Å². The number of benzene rings is 1. The molecule has 0 N–H and O–H groups in total. The molecule has 0 unspecified atom stereocenters. The zero-order valence-electron chi connectivity index (χ0n) is 13.9. The van der Waals surface area contributed by atoms with Gasteiger partial charge in [0.05, 0.1) is 18.0 Å². The lowest BCUT2D eigenvalue weighted by atomic mass is 9.62. The number of aromatic nitrogens is 2. The number of hydrogen-bond donors (Lipinski definition) is 0. The Balaban J connectivity index is 1.93. The van der Waals surface area contributed by atoms with Crippen molar-refractivity contribution in [1.29, 1.82) is 0 Å². The lowest BCUT2D eigenvalue weighted by Crippen LogP contribution is -2.40. The second kappa shape index (κ2) is 5.17. The summed E-state index contributed by atoms with van der Waals surface area (Å²) in [5.74, 6) is 0.219. The highest BCUT2D eigenvalue weighted by Crippen LogP contribution is 2.49. The SMILES string of the molecule is [C-]#[N+]C1=C[C@]2(C)c3nn(C)c(-c4ccccc4)c3CC[C@H]2CC1=O. The molecule has 0 fully saturated rings.